The van der Waals surface area contributed by atoms with Gasteiger partial charge in [-0.2, -0.15) is 0 Å². The molecule has 2 aliphatic heterocycles. The van der Waals surface area contributed by atoms with E-state index in [1.165, 1.54) is 6.07 Å². The number of hydrogen-bond acceptors (Lipinski definition) is 5. The van der Waals surface area contributed by atoms with Crippen molar-refractivity contribution in [2.45, 2.75) is 24.9 Å². The molecule has 0 aliphatic carbocycles. The van der Waals surface area contributed by atoms with E-state index in [-0.39, 0.29) is 11.9 Å². The van der Waals surface area contributed by atoms with Crippen molar-refractivity contribution in [1.82, 2.24) is 14.8 Å². The molecule has 2 N–H and O–H groups in total. The van der Waals surface area contributed by atoms with Crippen LogP contribution in [0.25, 0.3) is 0 Å². The highest BCUT2D eigenvalue weighted by Crippen LogP contribution is 2.20. The smallest absolute Gasteiger partial charge is 0.128 e. The van der Waals surface area contributed by atoms with Gasteiger partial charge in [0.25, 0.3) is 0 Å². The molecule has 0 spiro atoms. The highest BCUT2D eigenvalue weighted by molar-refractivity contribution is 5.38. The highest BCUT2D eigenvalue weighted by Gasteiger charge is 2.33. The van der Waals surface area contributed by atoms with E-state index in [2.05, 4.69) is 31.8 Å². The minimum atomic E-state index is -0.146. The summed E-state index contributed by atoms with van der Waals surface area (Å²) >= 11 is 0. The lowest BCUT2D eigenvalue weighted by molar-refractivity contribution is 0.0291. The summed E-state index contributed by atoms with van der Waals surface area (Å²) in [5.74, 6) is 0.938. The molecule has 150 valence electrons. The number of piperazine rings is 1. The highest BCUT2D eigenvalue weighted by atomic mass is 19.1. The van der Waals surface area contributed by atoms with Crippen LogP contribution < -0.4 is 10.6 Å². The predicted octanol–water partition coefficient (Wildman–Crippen LogP) is 1.99. The second kappa shape index (κ2) is 8.99. The monoisotopic (exact) mass is 383 g/mol. The minimum Gasteiger partial charge on any atom is -0.354 e. The lowest BCUT2D eigenvalue weighted by atomic mass is 10.0. The van der Waals surface area contributed by atoms with Gasteiger partial charge >= 0.3 is 0 Å². The molecule has 2 aliphatic rings. The second-order valence-electron chi connectivity index (χ2n) is 7.97. The first-order valence-electron chi connectivity index (χ1n) is 10.3. The minimum absolute atomic E-state index is 0.0119. The van der Waals surface area contributed by atoms with Gasteiger partial charge in [0.1, 0.15) is 11.6 Å². The van der Waals surface area contributed by atoms with E-state index in [4.69, 9.17) is 5.73 Å². The SMILES string of the molecule is N[C@@H](CCN1CC(N2CCN(c3ccccn3)CC2)C1)Cc1ccccc1F. The molecule has 4 rings (SSSR count). The average Bonchev–Trinajstić information content (AvgIpc) is 2.70. The lowest BCUT2D eigenvalue weighted by Gasteiger charge is -2.48. The zero-order valence-electron chi connectivity index (χ0n) is 16.4. The molecule has 0 radical (unpaired) electrons. The van der Waals surface area contributed by atoms with Gasteiger partial charge in [-0.1, -0.05) is 24.3 Å². The van der Waals surface area contributed by atoms with Crippen LogP contribution >= 0.6 is 0 Å². The van der Waals surface area contributed by atoms with Crippen LogP contribution in [-0.4, -0.2) is 72.7 Å². The maximum Gasteiger partial charge on any atom is 0.128 e. The summed E-state index contributed by atoms with van der Waals surface area (Å²) in [6.07, 6.45) is 3.39. The number of pyridine rings is 1. The van der Waals surface area contributed by atoms with Crippen LogP contribution in [0.15, 0.2) is 48.7 Å². The molecular weight excluding hydrogens is 353 g/mol. The van der Waals surface area contributed by atoms with Crippen molar-refractivity contribution in [3.8, 4) is 0 Å². The Kier molecular flexibility index (Phi) is 6.20. The van der Waals surface area contributed by atoms with Crippen LogP contribution in [0.5, 0.6) is 0 Å². The number of nitrogens with two attached hydrogens (primary N) is 1. The first kappa shape index (κ1) is 19.3. The first-order chi connectivity index (χ1) is 13.7. The number of rotatable bonds is 7. The van der Waals surface area contributed by atoms with Gasteiger partial charge in [-0.25, -0.2) is 9.37 Å². The second-order valence-corrected chi connectivity index (χ2v) is 7.97. The fourth-order valence-corrected chi connectivity index (χ4v) is 4.21. The molecule has 5 nitrogen and oxygen atoms in total. The topological polar surface area (TPSA) is 48.6 Å². The zero-order valence-corrected chi connectivity index (χ0v) is 16.4. The number of benzene rings is 1. The van der Waals surface area contributed by atoms with Crippen LogP contribution in [0.2, 0.25) is 0 Å². The lowest BCUT2D eigenvalue weighted by Crippen LogP contribution is -2.63. The summed E-state index contributed by atoms with van der Waals surface area (Å²) in [4.78, 5) is 11.9. The summed E-state index contributed by atoms with van der Waals surface area (Å²) in [6.45, 7) is 7.53. The molecule has 1 aromatic carbocycles. The third-order valence-corrected chi connectivity index (χ3v) is 6.00. The van der Waals surface area contributed by atoms with Crippen molar-refractivity contribution >= 4 is 5.82 Å². The Balaban J connectivity index is 1.14. The molecule has 0 bridgehead atoms. The molecule has 6 heteroatoms. The van der Waals surface area contributed by atoms with E-state index in [1.807, 2.05) is 24.4 Å². The summed E-state index contributed by atoms with van der Waals surface area (Å²) in [7, 11) is 0. The normalized spacial score (nSPS) is 20.1. The fourth-order valence-electron chi connectivity index (χ4n) is 4.21. The molecule has 0 amide bonds. The van der Waals surface area contributed by atoms with Crippen molar-refractivity contribution in [2.75, 3.05) is 50.7 Å². The van der Waals surface area contributed by atoms with E-state index < -0.39 is 0 Å². The third-order valence-electron chi connectivity index (χ3n) is 6.00. The predicted molar refractivity (Wildman–Crippen MR) is 111 cm³/mol. The zero-order chi connectivity index (χ0) is 19.3. The summed E-state index contributed by atoms with van der Waals surface area (Å²) < 4.78 is 13.7. The number of halogens is 1. The van der Waals surface area contributed by atoms with Crippen molar-refractivity contribution in [1.29, 1.82) is 0 Å². The molecule has 28 heavy (non-hydrogen) atoms. The maximum absolute atomic E-state index is 13.7. The molecule has 1 atom stereocenters. The van der Waals surface area contributed by atoms with E-state index in [9.17, 15) is 4.39 Å². The molecule has 2 fully saturated rings. The standard InChI is InChI=1S/C22H30FN5/c23-21-6-2-1-5-18(21)15-19(24)8-10-26-16-20(17-26)27-11-13-28(14-12-27)22-7-3-4-9-25-22/h1-7,9,19-20H,8,10-17,24H2/t19-/m0/s1. The van der Waals surface area contributed by atoms with Gasteiger partial charge in [0.15, 0.2) is 0 Å². The Bertz CT molecular complexity index is 742. The number of likely N-dealkylation sites (tertiary alicyclic amines) is 1. The Morgan fingerprint density at radius 1 is 1.04 bits per heavy atom. The van der Waals surface area contributed by atoms with Crippen LogP contribution in [0.4, 0.5) is 10.2 Å². The van der Waals surface area contributed by atoms with Gasteiger partial charge in [0.05, 0.1) is 0 Å². The van der Waals surface area contributed by atoms with Crippen molar-refractivity contribution < 1.29 is 4.39 Å². The fraction of sp³-hybridized carbons (Fsp3) is 0.500. The maximum atomic E-state index is 13.7. The van der Waals surface area contributed by atoms with E-state index in [1.54, 1.807) is 6.07 Å². The summed E-state index contributed by atoms with van der Waals surface area (Å²) in [5.41, 5.74) is 6.96. The average molecular weight is 384 g/mol. The van der Waals surface area contributed by atoms with Crippen LogP contribution in [-0.2, 0) is 6.42 Å². The van der Waals surface area contributed by atoms with Gasteiger partial charge in [-0.05, 0) is 43.1 Å². The number of nitrogens with zero attached hydrogens (tertiary/aromatic N) is 4. The van der Waals surface area contributed by atoms with Crippen LogP contribution in [0.3, 0.4) is 0 Å². The number of anilines is 1. The molecule has 0 unspecified atom stereocenters. The quantitative estimate of drug-likeness (QED) is 0.792. The Labute approximate surface area is 166 Å². The largest absolute Gasteiger partial charge is 0.354 e. The van der Waals surface area contributed by atoms with Gasteiger partial charge in [-0.15, -0.1) is 0 Å². The van der Waals surface area contributed by atoms with Crippen molar-refractivity contribution in [3.05, 3.63) is 60.0 Å². The van der Waals surface area contributed by atoms with Gasteiger partial charge in [-0.3, -0.25) is 4.90 Å². The molecule has 3 heterocycles. The molecule has 2 aromatic rings. The Morgan fingerprint density at radius 2 is 1.79 bits per heavy atom. The Hall–Kier alpha value is -2.02. The molecule has 1 aromatic heterocycles. The summed E-state index contributed by atoms with van der Waals surface area (Å²) in [6, 6.07) is 13.7. The van der Waals surface area contributed by atoms with Crippen molar-refractivity contribution in [3.63, 3.8) is 0 Å². The Morgan fingerprint density at radius 3 is 2.50 bits per heavy atom. The van der Waals surface area contributed by atoms with Crippen LogP contribution in [0, 0.1) is 5.82 Å². The third kappa shape index (κ3) is 4.69. The molecule has 2 saturated heterocycles. The first-order valence-corrected chi connectivity index (χ1v) is 10.3. The van der Waals surface area contributed by atoms with Crippen LogP contribution in [0.1, 0.15) is 12.0 Å². The van der Waals surface area contributed by atoms with E-state index in [0.29, 0.717) is 12.5 Å². The molecular formula is C22H30FN5. The number of aromatic nitrogens is 1. The van der Waals surface area contributed by atoms with Gasteiger partial charge in [0, 0.05) is 57.5 Å². The van der Waals surface area contributed by atoms with E-state index in [0.717, 1.165) is 63.6 Å². The summed E-state index contributed by atoms with van der Waals surface area (Å²) in [5, 5.41) is 0. The number of hydrogen-bond donors (Lipinski definition) is 1. The van der Waals surface area contributed by atoms with Crippen molar-refractivity contribution in [2.24, 2.45) is 5.73 Å². The molecule has 0 saturated carbocycles. The van der Waals surface area contributed by atoms with Gasteiger partial charge in [0.2, 0.25) is 0 Å². The van der Waals surface area contributed by atoms with E-state index >= 15 is 0 Å². The van der Waals surface area contributed by atoms with Gasteiger partial charge < -0.3 is 15.5 Å².